The number of allylic oxidation sites excluding steroid dienone is 1. The SMILES string of the molecule is CCOC(=O)C1=C(C)N=c2s/c(=C/c3cc(Br)c(OCC(=O)OC)c(I)c3)c(=O)n2[C@@H]1c1ccc(C)cc1. The first kappa shape index (κ1) is 28.2. The van der Waals surface area contributed by atoms with Crippen molar-refractivity contribution in [3.63, 3.8) is 0 Å². The number of esters is 2. The minimum atomic E-state index is -0.658. The predicted octanol–water partition coefficient (Wildman–Crippen LogP) is 4.03. The number of aryl methyl sites for hydroxylation is 1. The van der Waals surface area contributed by atoms with Gasteiger partial charge >= 0.3 is 11.9 Å². The topological polar surface area (TPSA) is 96.2 Å². The van der Waals surface area contributed by atoms with Crippen LogP contribution >= 0.6 is 49.9 Å². The number of carbonyl (C=O) groups excluding carboxylic acids is 2. The Hall–Kier alpha value is -2.77. The molecule has 38 heavy (non-hydrogen) atoms. The zero-order chi connectivity index (χ0) is 27.6. The van der Waals surface area contributed by atoms with Gasteiger partial charge < -0.3 is 14.2 Å². The van der Waals surface area contributed by atoms with Gasteiger partial charge in [0.2, 0.25) is 0 Å². The van der Waals surface area contributed by atoms with Crippen LogP contribution in [-0.2, 0) is 19.1 Å². The van der Waals surface area contributed by atoms with E-state index in [0.717, 1.165) is 20.3 Å². The first-order valence-electron chi connectivity index (χ1n) is 11.6. The Morgan fingerprint density at radius 1 is 1.21 bits per heavy atom. The van der Waals surface area contributed by atoms with Crippen molar-refractivity contribution in [2.24, 2.45) is 4.99 Å². The van der Waals surface area contributed by atoms with Crippen molar-refractivity contribution in [2.45, 2.75) is 26.8 Å². The molecule has 2 heterocycles. The van der Waals surface area contributed by atoms with Gasteiger partial charge in [-0.2, -0.15) is 0 Å². The Morgan fingerprint density at radius 2 is 1.92 bits per heavy atom. The van der Waals surface area contributed by atoms with E-state index < -0.39 is 18.0 Å². The summed E-state index contributed by atoms with van der Waals surface area (Å²) in [7, 11) is 1.30. The van der Waals surface area contributed by atoms with Crippen LogP contribution in [-0.4, -0.2) is 36.8 Å². The summed E-state index contributed by atoms with van der Waals surface area (Å²) in [6.07, 6.45) is 1.77. The Labute approximate surface area is 244 Å². The number of ether oxygens (including phenoxy) is 3. The number of carbonyl (C=O) groups is 2. The smallest absolute Gasteiger partial charge is 0.343 e. The monoisotopic (exact) mass is 710 g/mol. The van der Waals surface area contributed by atoms with Crippen LogP contribution in [0.5, 0.6) is 5.75 Å². The van der Waals surface area contributed by atoms with Crippen molar-refractivity contribution >= 4 is 67.9 Å². The van der Waals surface area contributed by atoms with Crippen LogP contribution in [0.15, 0.2) is 61.9 Å². The predicted molar refractivity (Wildman–Crippen MR) is 156 cm³/mol. The van der Waals surface area contributed by atoms with Crippen LogP contribution in [0.1, 0.15) is 36.6 Å². The quantitative estimate of drug-likeness (QED) is 0.272. The molecule has 0 spiro atoms. The van der Waals surface area contributed by atoms with E-state index in [1.54, 1.807) is 30.6 Å². The van der Waals surface area contributed by atoms with Gasteiger partial charge in [0, 0.05) is 0 Å². The number of fused-ring (bicyclic) bond motifs is 1. The molecule has 0 saturated heterocycles. The lowest BCUT2D eigenvalue weighted by Crippen LogP contribution is -2.39. The van der Waals surface area contributed by atoms with E-state index in [9.17, 15) is 14.4 Å². The summed E-state index contributed by atoms with van der Waals surface area (Å²) >= 11 is 6.86. The maximum Gasteiger partial charge on any atom is 0.343 e. The molecule has 0 aliphatic carbocycles. The van der Waals surface area contributed by atoms with Crippen LogP contribution in [0.4, 0.5) is 0 Å². The zero-order valence-corrected chi connectivity index (χ0v) is 25.6. The van der Waals surface area contributed by atoms with Crippen molar-refractivity contribution in [3.8, 4) is 5.75 Å². The van der Waals surface area contributed by atoms with Gasteiger partial charge in [0.05, 0.1) is 43.6 Å². The molecule has 0 N–H and O–H groups in total. The molecule has 11 heteroatoms. The Balaban J connectivity index is 1.83. The third-order valence-electron chi connectivity index (χ3n) is 5.79. The highest BCUT2D eigenvalue weighted by Crippen LogP contribution is 2.33. The minimum absolute atomic E-state index is 0.216. The highest BCUT2D eigenvalue weighted by Gasteiger charge is 2.33. The second-order valence-electron chi connectivity index (χ2n) is 8.39. The molecule has 0 amide bonds. The fourth-order valence-electron chi connectivity index (χ4n) is 4.00. The molecule has 8 nitrogen and oxygen atoms in total. The Morgan fingerprint density at radius 3 is 2.55 bits per heavy atom. The molecule has 4 rings (SSSR count). The molecule has 1 aliphatic rings. The lowest BCUT2D eigenvalue weighted by Gasteiger charge is -2.24. The fourth-order valence-corrected chi connectivity index (χ4v) is 6.81. The number of hydrogen-bond donors (Lipinski definition) is 0. The summed E-state index contributed by atoms with van der Waals surface area (Å²) in [5.41, 5.74) is 3.23. The van der Waals surface area contributed by atoms with Crippen molar-refractivity contribution in [1.29, 1.82) is 0 Å². The van der Waals surface area contributed by atoms with Gasteiger partial charge in [0.1, 0.15) is 5.75 Å². The van der Waals surface area contributed by atoms with Gasteiger partial charge in [-0.05, 0) is 88.6 Å². The molecule has 0 saturated carbocycles. The van der Waals surface area contributed by atoms with Crippen molar-refractivity contribution in [3.05, 3.63) is 92.1 Å². The van der Waals surface area contributed by atoms with E-state index in [1.165, 1.54) is 18.4 Å². The first-order chi connectivity index (χ1) is 18.1. The molecule has 0 bridgehead atoms. The molecule has 1 aliphatic heterocycles. The minimum Gasteiger partial charge on any atom is -0.480 e. The fraction of sp³-hybridized carbons (Fsp3) is 0.259. The van der Waals surface area contributed by atoms with E-state index in [-0.39, 0.29) is 18.8 Å². The standard InChI is InChI=1S/C27H24BrIN2O6S/c1-5-36-26(34)22-15(3)30-27-31(23(22)17-8-6-14(2)7-9-17)25(33)20(38-27)12-16-10-18(28)24(19(29)11-16)37-13-21(32)35-4/h6-12,23H,5,13H2,1-4H3/b20-12+/t23-/m1/s1. The lowest BCUT2D eigenvalue weighted by molar-refractivity contribution is -0.143. The maximum absolute atomic E-state index is 13.8. The summed E-state index contributed by atoms with van der Waals surface area (Å²) in [5, 5.41) is 0. The second kappa shape index (κ2) is 12.0. The van der Waals surface area contributed by atoms with Crippen LogP contribution in [0.2, 0.25) is 0 Å². The number of halogens is 2. The number of benzene rings is 2. The van der Waals surface area contributed by atoms with Gasteiger partial charge in [-0.25, -0.2) is 14.6 Å². The molecule has 2 aromatic carbocycles. The highest BCUT2D eigenvalue weighted by atomic mass is 127. The molecular formula is C27H24BrIN2O6S. The van der Waals surface area contributed by atoms with Crippen molar-refractivity contribution in [1.82, 2.24) is 4.57 Å². The highest BCUT2D eigenvalue weighted by molar-refractivity contribution is 14.1. The van der Waals surface area contributed by atoms with Gasteiger partial charge in [-0.15, -0.1) is 0 Å². The number of nitrogens with zero attached hydrogens (tertiary/aromatic N) is 2. The van der Waals surface area contributed by atoms with Gasteiger partial charge in [-0.1, -0.05) is 41.2 Å². The molecule has 0 unspecified atom stereocenters. The van der Waals surface area contributed by atoms with Gasteiger partial charge in [0.25, 0.3) is 5.56 Å². The van der Waals surface area contributed by atoms with E-state index in [4.69, 9.17) is 9.47 Å². The summed E-state index contributed by atoms with van der Waals surface area (Å²) < 4.78 is 19.0. The van der Waals surface area contributed by atoms with E-state index in [1.807, 2.05) is 37.3 Å². The molecule has 1 atom stereocenters. The summed E-state index contributed by atoms with van der Waals surface area (Å²) in [6, 6.07) is 10.7. The molecule has 3 aromatic rings. The number of hydrogen-bond acceptors (Lipinski definition) is 8. The Kier molecular flexibility index (Phi) is 8.89. The largest absolute Gasteiger partial charge is 0.480 e. The van der Waals surface area contributed by atoms with E-state index in [0.29, 0.717) is 30.8 Å². The Bertz CT molecular complexity index is 1600. The van der Waals surface area contributed by atoms with E-state index >= 15 is 0 Å². The van der Waals surface area contributed by atoms with Crippen molar-refractivity contribution < 1.29 is 23.8 Å². The summed E-state index contributed by atoms with van der Waals surface area (Å²) in [5.74, 6) is -0.475. The average Bonchev–Trinajstić information content (AvgIpc) is 3.17. The number of methoxy groups -OCH3 is 1. The summed E-state index contributed by atoms with van der Waals surface area (Å²) in [4.78, 5) is 43.3. The van der Waals surface area contributed by atoms with Gasteiger partial charge in [0.15, 0.2) is 11.4 Å². The third kappa shape index (κ3) is 5.79. The van der Waals surface area contributed by atoms with Crippen molar-refractivity contribution in [2.75, 3.05) is 20.3 Å². The third-order valence-corrected chi connectivity index (χ3v) is 8.16. The average molecular weight is 711 g/mol. The normalized spacial score (nSPS) is 15.1. The molecule has 0 radical (unpaired) electrons. The molecular weight excluding hydrogens is 687 g/mol. The number of thiazole rings is 1. The molecule has 1 aromatic heterocycles. The summed E-state index contributed by atoms with van der Waals surface area (Å²) in [6.45, 7) is 5.48. The van der Waals surface area contributed by atoms with Crippen LogP contribution in [0.25, 0.3) is 6.08 Å². The van der Waals surface area contributed by atoms with Crippen LogP contribution in [0.3, 0.4) is 0 Å². The molecule has 0 fully saturated rings. The lowest BCUT2D eigenvalue weighted by atomic mass is 9.95. The first-order valence-corrected chi connectivity index (χ1v) is 14.3. The van der Waals surface area contributed by atoms with E-state index in [2.05, 4.69) is 48.3 Å². The number of rotatable bonds is 7. The molecule has 198 valence electrons. The second-order valence-corrected chi connectivity index (χ2v) is 11.4. The number of aromatic nitrogens is 1. The van der Waals surface area contributed by atoms with Gasteiger partial charge in [-0.3, -0.25) is 9.36 Å². The van der Waals surface area contributed by atoms with Crippen LogP contribution < -0.4 is 19.6 Å². The zero-order valence-electron chi connectivity index (χ0n) is 21.0. The van der Waals surface area contributed by atoms with Crippen LogP contribution in [0, 0.1) is 10.5 Å². The maximum atomic E-state index is 13.8.